The number of aromatic nitrogens is 2. The van der Waals surface area contributed by atoms with E-state index in [0.717, 1.165) is 0 Å². The molecule has 1 heterocycles. The van der Waals surface area contributed by atoms with Gasteiger partial charge in [-0.25, -0.2) is 8.42 Å². The Morgan fingerprint density at radius 1 is 1.67 bits per heavy atom. The average Bonchev–Trinajstić information content (AvgIpc) is 2.16. The molecule has 0 amide bonds. The SMILES string of the molecule is Cn1ncc(CS(=O)(=O)Cl)c1Cl. The van der Waals surface area contributed by atoms with E-state index in [1.165, 1.54) is 10.9 Å². The molecular formula is C5H6Cl2N2O2S. The summed E-state index contributed by atoms with van der Waals surface area (Å²) in [6, 6.07) is 0. The van der Waals surface area contributed by atoms with E-state index in [1.807, 2.05) is 0 Å². The first kappa shape index (κ1) is 9.83. The molecule has 0 aliphatic rings. The van der Waals surface area contributed by atoms with Gasteiger partial charge in [0.2, 0.25) is 9.05 Å². The lowest BCUT2D eigenvalue weighted by molar-refractivity contribution is 0.609. The van der Waals surface area contributed by atoms with Crippen molar-refractivity contribution in [2.75, 3.05) is 0 Å². The molecule has 0 saturated heterocycles. The maximum atomic E-state index is 10.6. The van der Waals surface area contributed by atoms with E-state index in [1.54, 1.807) is 7.05 Å². The standard InChI is InChI=1S/C5H6Cl2N2O2S/c1-9-5(6)4(2-8-9)3-12(7,10)11/h2H,3H2,1H3. The van der Waals surface area contributed by atoms with E-state index in [4.69, 9.17) is 22.3 Å². The van der Waals surface area contributed by atoms with Crippen molar-refractivity contribution >= 4 is 31.3 Å². The van der Waals surface area contributed by atoms with Crippen molar-refractivity contribution in [1.29, 1.82) is 0 Å². The van der Waals surface area contributed by atoms with Gasteiger partial charge in [0.1, 0.15) is 5.15 Å². The Bertz CT molecular complexity index is 384. The molecule has 0 unspecified atom stereocenters. The van der Waals surface area contributed by atoms with Crippen LogP contribution in [0.25, 0.3) is 0 Å². The minimum atomic E-state index is -3.55. The molecule has 0 N–H and O–H groups in total. The monoisotopic (exact) mass is 228 g/mol. The van der Waals surface area contributed by atoms with Gasteiger partial charge < -0.3 is 0 Å². The molecule has 0 fully saturated rings. The zero-order valence-electron chi connectivity index (χ0n) is 6.16. The minimum Gasteiger partial charge on any atom is -0.257 e. The molecule has 12 heavy (non-hydrogen) atoms. The van der Waals surface area contributed by atoms with Crippen molar-refractivity contribution in [2.45, 2.75) is 5.75 Å². The van der Waals surface area contributed by atoms with Crippen LogP contribution in [0.5, 0.6) is 0 Å². The van der Waals surface area contributed by atoms with Crippen LogP contribution in [0.1, 0.15) is 5.56 Å². The summed E-state index contributed by atoms with van der Waals surface area (Å²) in [4.78, 5) is 0. The summed E-state index contributed by atoms with van der Waals surface area (Å²) < 4.78 is 22.6. The Morgan fingerprint density at radius 3 is 2.58 bits per heavy atom. The Morgan fingerprint density at radius 2 is 2.25 bits per heavy atom. The van der Waals surface area contributed by atoms with Crippen LogP contribution in [-0.2, 0) is 21.9 Å². The summed E-state index contributed by atoms with van der Waals surface area (Å²) in [6.45, 7) is 0. The van der Waals surface area contributed by atoms with Crippen LogP contribution in [-0.4, -0.2) is 18.2 Å². The predicted molar refractivity (Wildman–Crippen MR) is 46.7 cm³/mol. The fraction of sp³-hybridized carbons (Fsp3) is 0.400. The third-order valence-electron chi connectivity index (χ3n) is 1.26. The summed E-state index contributed by atoms with van der Waals surface area (Å²) >= 11 is 5.69. The van der Waals surface area contributed by atoms with Crippen LogP contribution < -0.4 is 0 Å². The Hall–Kier alpha value is -0.260. The largest absolute Gasteiger partial charge is 0.257 e. The van der Waals surface area contributed by atoms with Gasteiger partial charge in [0.15, 0.2) is 0 Å². The van der Waals surface area contributed by atoms with Gasteiger partial charge in [-0.05, 0) is 0 Å². The lowest BCUT2D eigenvalue weighted by Gasteiger charge is -1.94. The zero-order valence-corrected chi connectivity index (χ0v) is 8.49. The second kappa shape index (κ2) is 3.24. The van der Waals surface area contributed by atoms with Gasteiger partial charge in [0, 0.05) is 23.3 Å². The number of rotatable bonds is 2. The number of halogens is 2. The summed E-state index contributed by atoms with van der Waals surface area (Å²) in [5, 5.41) is 4.05. The maximum Gasteiger partial charge on any atom is 0.236 e. The summed E-state index contributed by atoms with van der Waals surface area (Å²) in [5.74, 6) is -0.290. The van der Waals surface area contributed by atoms with Crippen molar-refractivity contribution in [3.05, 3.63) is 16.9 Å². The molecule has 0 saturated carbocycles. The first-order chi connectivity index (χ1) is 5.40. The molecule has 1 aromatic heterocycles. The topological polar surface area (TPSA) is 52.0 Å². The minimum absolute atomic E-state index is 0.290. The average molecular weight is 229 g/mol. The van der Waals surface area contributed by atoms with Crippen LogP contribution in [0.15, 0.2) is 6.20 Å². The second-order valence-electron chi connectivity index (χ2n) is 2.27. The molecule has 0 aromatic carbocycles. The normalized spacial score (nSPS) is 11.9. The molecule has 1 aromatic rings. The highest BCUT2D eigenvalue weighted by Gasteiger charge is 2.13. The van der Waals surface area contributed by atoms with Gasteiger partial charge in [-0.15, -0.1) is 0 Å². The zero-order chi connectivity index (χ0) is 9.35. The molecule has 0 bridgehead atoms. The number of aryl methyl sites for hydroxylation is 1. The molecule has 4 nitrogen and oxygen atoms in total. The third kappa shape index (κ3) is 2.36. The van der Waals surface area contributed by atoms with Crippen molar-refractivity contribution in [1.82, 2.24) is 9.78 Å². The van der Waals surface area contributed by atoms with Gasteiger partial charge in [-0.2, -0.15) is 5.10 Å². The molecule has 0 aliphatic carbocycles. The van der Waals surface area contributed by atoms with E-state index >= 15 is 0 Å². The Balaban J connectivity index is 2.99. The van der Waals surface area contributed by atoms with E-state index in [9.17, 15) is 8.42 Å². The number of hydrogen-bond acceptors (Lipinski definition) is 3. The van der Waals surface area contributed by atoms with Crippen molar-refractivity contribution < 1.29 is 8.42 Å². The highest BCUT2D eigenvalue weighted by atomic mass is 35.7. The van der Waals surface area contributed by atoms with Crippen LogP contribution in [0, 0.1) is 0 Å². The Labute approximate surface area is 79.5 Å². The molecule has 68 valence electrons. The van der Waals surface area contributed by atoms with Gasteiger partial charge in [-0.1, -0.05) is 11.6 Å². The summed E-state index contributed by atoms with van der Waals surface area (Å²) in [6.07, 6.45) is 1.38. The summed E-state index contributed by atoms with van der Waals surface area (Å²) in [7, 11) is 3.09. The van der Waals surface area contributed by atoms with Gasteiger partial charge in [0.05, 0.1) is 11.9 Å². The first-order valence-corrected chi connectivity index (χ1v) is 5.84. The van der Waals surface area contributed by atoms with Gasteiger partial charge in [0.25, 0.3) is 0 Å². The highest BCUT2D eigenvalue weighted by Crippen LogP contribution is 2.18. The first-order valence-electron chi connectivity index (χ1n) is 2.99. The predicted octanol–water partition coefficient (Wildman–Crippen LogP) is 1.14. The second-order valence-corrected chi connectivity index (χ2v) is 5.40. The van der Waals surface area contributed by atoms with Crippen LogP contribution in [0.4, 0.5) is 0 Å². The van der Waals surface area contributed by atoms with E-state index in [0.29, 0.717) is 10.7 Å². The quantitative estimate of drug-likeness (QED) is 0.714. The fourth-order valence-corrected chi connectivity index (χ4v) is 1.92. The number of hydrogen-bond donors (Lipinski definition) is 0. The van der Waals surface area contributed by atoms with Crippen molar-refractivity contribution in [2.24, 2.45) is 7.05 Å². The lowest BCUT2D eigenvalue weighted by atomic mass is 10.4. The molecule has 0 atom stereocenters. The fourth-order valence-electron chi connectivity index (χ4n) is 0.751. The van der Waals surface area contributed by atoms with E-state index in [2.05, 4.69) is 5.10 Å². The van der Waals surface area contributed by atoms with Gasteiger partial charge >= 0.3 is 0 Å². The van der Waals surface area contributed by atoms with E-state index < -0.39 is 9.05 Å². The Kier molecular flexibility index (Phi) is 2.65. The van der Waals surface area contributed by atoms with E-state index in [-0.39, 0.29) is 5.75 Å². The van der Waals surface area contributed by atoms with Crippen LogP contribution in [0.2, 0.25) is 5.15 Å². The third-order valence-corrected chi connectivity index (χ3v) is 2.73. The lowest BCUT2D eigenvalue weighted by Crippen LogP contribution is -1.95. The molecule has 0 aliphatic heterocycles. The molecular weight excluding hydrogens is 223 g/mol. The molecule has 0 spiro atoms. The van der Waals surface area contributed by atoms with Crippen molar-refractivity contribution in [3.8, 4) is 0 Å². The number of nitrogens with zero attached hydrogens (tertiary/aromatic N) is 2. The highest BCUT2D eigenvalue weighted by molar-refractivity contribution is 8.13. The van der Waals surface area contributed by atoms with Crippen molar-refractivity contribution in [3.63, 3.8) is 0 Å². The molecule has 1 rings (SSSR count). The van der Waals surface area contributed by atoms with Gasteiger partial charge in [-0.3, -0.25) is 4.68 Å². The molecule has 7 heteroatoms. The van der Waals surface area contributed by atoms with Crippen LogP contribution >= 0.6 is 22.3 Å². The maximum absolute atomic E-state index is 10.6. The van der Waals surface area contributed by atoms with Crippen LogP contribution in [0.3, 0.4) is 0 Å². The smallest absolute Gasteiger partial charge is 0.236 e. The molecule has 0 radical (unpaired) electrons. The summed E-state index contributed by atoms with van der Waals surface area (Å²) in [5.41, 5.74) is 0.411.